The highest BCUT2D eigenvalue weighted by atomic mass is 19.4. The highest BCUT2D eigenvalue weighted by Crippen LogP contribution is 2.27. The van der Waals surface area contributed by atoms with E-state index in [1.54, 1.807) is 0 Å². The Kier molecular flexibility index (Phi) is 2.68. The number of nitrogen functional groups attached to an aromatic ring is 1. The summed E-state index contributed by atoms with van der Waals surface area (Å²) in [5.74, 6) is 5.36. The van der Waals surface area contributed by atoms with Gasteiger partial charge in [0.25, 0.3) is 0 Å². The van der Waals surface area contributed by atoms with E-state index in [1.165, 1.54) is 12.3 Å². The third-order valence-electron chi connectivity index (χ3n) is 1.88. The molecule has 2 aromatic rings. The predicted octanol–water partition coefficient (Wildman–Crippen LogP) is 0.967. The molecular formula is C8H7F3N6. The molecule has 0 aromatic carbocycles. The first-order valence-electron chi connectivity index (χ1n) is 4.43. The van der Waals surface area contributed by atoms with Crippen LogP contribution in [0.1, 0.15) is 5.69 Å². The van der Waals surface area contributed by atoms with Gasteiger partial charge in [0.1, 0.15) is 0 Å². The van der Waals surface area contributed by atoms with Gasteiger partial charge in [0, 0.05) is 18.5 Å². The monoisotopic (exact) mass is 244 g/mol. The van der Waals surface area contributed by atoms with Gasteiger partial charge in [-0.15, -0.1) is 0 Å². The average molecular weight is 244 g/mol. The first-order valence-corrected chi connectivity index (χ1v) is 4.43. The van der Waals surface area contributed by atoms with Gasteiger partial charge in [0.2, 0.25) is 5.95 Å². The molecule has 0 saturated heterocycles. The van der Waals surface area contributed by atoms with Crippen LogP contribution in [-0.4, -0.2) is 19.7 Å². The summed E-state index contributed by atoms with van der Waals surface area (Å²) in [6.45, 7) is 0. The van der Waals surface area contributed by atoms with E-state index in [9.17, 15) is 13.2 Å². The fourth-order valence-electron chi connectivity index (χ4n) is 1.15. The van der Waals surface area contributed by atoms with E-state index >= 15 is 0 Å². The Balaban J connectivity index is 2.37. The summed E-state index contributed by atoms with van der Waals surface area (Å²) in [4.78, 5) is 7.57. The smallest absolute Gasteiger partial charge is 0.292 e. The van der Waals surface area contributed by atoms with Crippen molar-refractivity contribution in [1.29, 1.82) is 0 Å². The number of alkyl halides is 3. The first kappa shape index (κ1) is 11.3. The molecule has 0 amide bonds. The lowest BCUT2D eigenvalue weighted by Crippen LogP contribution is -2.12. The minimum Gasteiger partial charge on any atom is -0.292 e. The Labute approximate surface area is 93.3 Å². The summed E-state index contributed by atoms with van der Waals surface area (Å²) in [5, 5.41) is 3.36. The lowest BCUT2D eigenvalue weighted by atomic mass is 10.4. The van der Waals surface area contributed by atoms with Crippen LogP contribution >= 0.6 is 0 Å². The van der Waals surface area contributed by atoms with Gasteiger partial charge in [-0.3, -0.25) is 5.43 Å². The number of hydrogen-bond donors (Lipinski definition) is 2. The number of aromatic nitrogens is 4. The molecule has 2 aromatic heterocycles. The van der Waals surface area contributed by atoms with Gasteiger partial charge in [-0.1, -0.05) is 0 Å². The number of halogens is 3. The molecule has 9 heteroatoms. The van der Waals surface area contributed by atoms with Gasteiger partial charge in [0.05, 0.1) is 0 Å². The number of hydrogen-bond acceptors (Lipinski definition) is 5. The number of rotatable bonds is 2. The highest BCUT2D eigenvalue weighted by molar-refractivity contribution is 5.30. The Morgan fingerprint density at radius 2 is 2.06 bits per heavy atom. The minimum absolute atomic E-state index is 0.0894. The second-order valence-corrected chi connectivity index (χ2v) is 3.03. The van der Waals surface area contributed by atoms with Crippen LogP contribution in [0.4, 0.5) is 19.1 Å². The third kappa shape index (κ3) is 2.33. The Morgan fingerprint density at radius 3 is 2.65 bits per heavy atom. The Hall–Kier alpha value is -2.16. The predicted molar refractivity (Wildman–Crippen MR) is 52.0 cm³/mol. The van der Waals surface area contributed by atoms with E-state index in [2.05, 4.69) is 20.5 Å². The van der Waals surface area contributed by atoms with Crippen molar-refractivity contribution in [3.63, 3.8) is 0 Å². The molecule has 0 aliphatic carbocycles. The molecule has 0 unspecified atom stereocenters. The van der Waals surface area contributed by atoms with E-state index in [0.717, 1.165) is 16.9 Å². The maximum Gasteiger partial charge on any atom is 0.435 e. The summed E-state index contributed by atoms with van der Waals surface area (Å²) in [6.07, 6.45) is -1.97. The molecule has 0 aliphatic heterocycles. The van der Waals surface area contributed by atoms with Crippen molar-refractivity contribution in [2.75, 3.05) is 5.43 Å². The summed E-state index contributed by atoms with van der Waals surface area (Å²) >= 11 is 0. The Bertz CT molecular complexity index is 520. The third-order valence-corrected chi connectivity index (χ3v) is 1.88. The summed E-state index contributed by atoms with van der Waals surface area (Å²) < 4.78 is 38.0. The van der Waals surface area contributed by atoms with Crippen LogP contribution in [0.2, 0.25) is 0 Å². The molecule has 2 heterocycles. The van der Waals surface area contributed by atoms with Crippen LogP contribution < -0.4 is 11.3 Å². The van der Waals surface area contributed by atoms with Crippen LogP contribution in [-0.2, 0) is 6.18 Å². The highest BCUT2D eigenvalue weighted by Gasteiger charge is 2.33. The molecule has 0 bridgehead atoms. The van der Waals surface area contributed by atoms with Crippen molar-refractivity contribution in [2.24, 2.45) is 5.84 Å². The molecule has 2 rings (SSSR count). The first-order chi connectivity index (χ1) is 8.00. The molecule has 3 N–H and O–H groups in total. The van der Waals surface area contributed by atoms with Crippen molar-refractivity contribution >= 4 is 5.95 Å². The van der Waals surface area contributed by atoms with Crippen LogP contribution in [0.25, 0.3) is 5.82 Å². The van der Waals surface area contributed by atoms with Gasteiger partial charge < -0.3 is 0 Å². The molecule has 0 radical (unpaired) electrons. The second-order valence-electron chi connectivity index (χ2n) is 3.03. The second kappa shape index (κ2) is 4.01. The number of nitrogens with two attached hydrogens (primary N) is 1. The van der Waals surface area contributed by atoms with Crippen molar-refractivity contribution in [3.8, 4) is 5.82 Å². The van der Waals surface area contributed by atoms with Crippen LogP contribution in [0.5, 0.6) is 0 Å². The van der Waals surface area contributed by atoms with E-state index in [0.29, 0.717) is 0 Å². The van der Waals surface area contributed by atoms with Gasteiger partial charge in [-0.05, 0) is 6.07 Å². The molecule has 17 heavy (non-hydrogen) atoms. The molecule has 0 aliphatic rings. The summed E-state index contributed by atoms with van der Waals surface area (Å²) in [6, 6.07) is 2.27. The van der Waals surface area contributed by atoms with Crippen molar-refractivity contribution in [3.05, 3.63) is 30.2 Å². The normalized spacial score (nSPS) is 11.5. The maximum atomic E-state index is 12.3. The summed E-state index contributed by atoms with van der Waals surface area (Å²) in [7, 11) is 0. The van der Waals surface area contributed by atoms with E-state index < -0.39 is 11.9 Å². The quantitative estimate of drug-likeness (QED) is 0.607. The molecule has 0 fully saturated rings. The molecule has 0 saturated carbocycles. The van der Waals surface area contributed by atoms with E-state index in [4.69, 9.17) is 5.84 Å². The van der Waals surface area contributed by atoms with Crippen LogP contribution in [0.15, 0.2) is 24.5 Å². The lowest BCUT2D eigenvalue weighted by Gasteiger charge is -2.03. The Morgan fingerprint density at radius 1 is 1.29 bits per heavy atom. The summed E-state index contributed by atoms with van der Waals surface area (Å²) in [5.41, 5.74) is 1.20. The largest absolute Gasteiger partial charge is 0.435 e. The molecular weight excluding hydrogens is 237 g/mol. The van der Waals surface area contributed by atoms with Crippen LogP contribution in [0, 0.1) is 0 Å². The van der Waals surface area contributed by atoms with Crippen molar-refractivity contribution in [2.45, 2.75) is 6.18 Å². The fourth-order valence-corrected chi connectivity index (χ4v) is 1.15. The van der Waals surface area contributed by atoms with Gasteiger partial charge >= 0.3 is 6.18 Å². The number of nitrogens with one attached hydrogen (secondary N) is 1. The molecule has 0 atom stereocenters. The lowest BCUT2D eigenvalue weighted by molar-refractivity contribution is -0.141. The fraction of sp³-hybridized carbons (Fsp3) is 0.125. The average Bonchev–Trinajstić information content (AvgIpc) is 2.78. The molecule has 0 spiro atoms. The van der Waals surface area contributed by atoms with Gasteiger partial charge in [-0.25, -0.2) is 15.5 Å². The topological polar surface area (TPSA) is 81.6 Å². The zero-order valence-electron chi connectivity index (χ0n) is 8.31. The SMILES string of the molecule is NNc1nccc(-n2ccc(C(F)(F)F)n2)n1. The van der Waals surface area contributed by atoms with Crippen LogP contribution in [0.3, 0.4) is 0 Å². The molecule has 90 valence electrons. The number of anilines is 1. The zero-order chi connectivity index (χ0) is 12.5. The van der Waals surface area contributed by atoms with Gasteiger partial charge in [-0.2, -0.15) is 23.3 Å². The number of hydrazine groups is 1. The zero-order valence-corrected chi connectivity index (χ0v) is 8.31. The number of nitrogens with zero attached hydrogens (tertiary/aromatic N) is 4. The molecule has 6 nitrogen and oxygen atoms in total. The van der Waals surface area contributed by atoms with Crippen molar-refractivity contribution < 1.29 is 13.2 Å². The van der Waals surface area contributed by atoms with E-state index in [1.807, 2.05) is 0 Å². The standard InChI is InChI=1S/C8H7F3N6/c9-8(10,11)5-2-4-17(16-5)6-1-3-13-7(14-6)15-12/h1-4H,12H2,(H,13,14,15). The van der Waals surface area contributed by atoms with Gasteiger partial charge in [0.15, 0.2) is 11.5 Å². The van der Waals surface area contributed by atoms with E-state index in [-0.39, 0.29) is 11.8 Å². The maximum absolute atomic E-state index is 12.3. The van der Waals surface area contributed by atoms with Crippen molar-refractivity contribution in [1.82, 2.24) is 19.7 Å². The minimum atomic E-state index is -4.48.